The standard InChI is InChI=1S/C26H29ClN4O2/c1-17-10-12-20(13-11-17)28-25(33)26(2)16-30-22-9-4-3-8-21(22)29-23(30)24(32)31(26)15-18-6-5-7-19(27)14-18/h3-9,14,17,20H,10-13,15-16H2,1-2H3,(H,28,33). The van der Waals surface area contributed by atoms with E-state index in [1.807, 2.05) is 54.0 Å². The van der Waals surface area contributed by atoms with Crippen molar-refractivity contribution in [2.75, 3.05) is 0 Å². The molecule has 1 aliphatic carbocycles. The lowest BCUT2D eigenvalue weighted by atomic mass is 9.86. The predicted molar refractivity (Wildman–Crippen MR) is 129 cm³/mol. The Bertz CT molecular complexity index is 1210. The first-order valence-corrected chi connectivity index (χ1v) is 12.1. The predicted octanol–water partition coefficient (Wildman–Crippen LogP) is 4.80. The summed E-state index contributed by atoms with van der Waals surface area (Å²) in [7, 11) is 0. The van der Waals surface area contributed by atoms with Crippen molar-refractivity contribution >= 4 is 34.4 Å². The zero-order valence-electron chi connectivity index (χ0n) is 19.1. The molecule has 5 rings (SSSR count). The molecule has 1 unspecified atom stereocenters. The number of hydrogen-bond donors (Lipinski definition) is 1. The van der Waals surface area contributed by atoms with Gasteiger partial charge >= 0.3 is 0 Å². The van der Waals surface area contributed by atoms with Crippen LogP contribution in [0.3, 0.4) is 0 Å². The maximum atomic E-state index is 13.8. The number of hydrogen-bond acceptors (Lipinski definition) is 3. The van der Waals surface area contributed by atoms with E-state index in [2.05, 4.69) is 17.2 Å². The third kappa shape index (κ3) is 4.01. The van der Waals surface area contributed by atoms with Crippen LogP contribution < -0.4 is 5.32 Å². The molecular formula is C26H29ClN4O2. The molecule has 1 fully saturated rings. The molecule has 2 aromatic carbocycles. The van der Waals surface area contributed by atoms with Crippen molar-refractivity contribution in [2.24, 2.45) is 5.92 Å². The fourth-order valence-corrected chi connectivity index (χ4v) is 5.35. The zero-order valence-corrected chi connectivity index (χ0v) is 19.8. The summed E-state index contributed by atoms with van der Waals surface area (Å²) in [5.74, 6) is 0.715. The molecule has 33 heavy (non-hydrogen) atoms. The quantitative estimate of drug-likeness (QED) is 0.603. The van der Waals surface area contributed by atoms with Crippen LogP contribution in [0.25, 0.3) is 11.0 Å². The average Bonchev–Trinajstić information content (AvgIpc) is 3.17. The van der Waals surface area contributed by atoms with Crippen LogP contribution in [0.4, 0.5) is 0 Å². The van der Waals surface area contributed by atoms with E-state index in [9.17, 15) is 9.59 Å². The first-order chi connectivity index (χ1) is 15.8. The number of fused-ring (bicyclic) bond motifs is 3. The fourth-order valence-electron chi connectivity index (χ4n) is 5.14. The fraction of sp³-hybridized carbons (Fsp3) is 0.423. The van der Waals surface area contributed by atoms with Crippen LogP contribution >= 0.6 is 11.6 Å². The highest BCUT2D eigenvalue weighted by Crippen LogP contribution is 2.33. The van der Waals surface area contributed by atoms with E-state index < -0.39 is 5.54 Å². The molecule has 0 radical (unpaired) electrons. The first-order valence-electron chi connectivity index (χ1n) is 11.7. The van der Waals surface area contributed by atoms with E-state index in [4.69, 9.17) is 11.6 Å². The maximum Gasteiger partial charge on any atom is 0.291 e. The molecule has 1 saturated carbocycles. The largest absolute Gasteiger partial charge is 0.351 e. The van der Waals surface area contributed by atoms with Crippen molar-refractivity contribution in [3.05, 3.63) is 64.9 Å². The lowest BCUT2D eigenvalue weighted by Gasteiger charge is -2.44. The minimum atomic E-state index is -1.06. The SMILES string of the molecule is CC1CCC(NC(=O)C2(C)Cn3c(nc4ccccc43)C(=O)N2Cc2cccc(Cl)c2)CC1. The van der Waals surface area contributed by atoms with E-state index in [-0.39, 0.29) is 24.4 Å². The van der Waals surface area contributed by atoms with E-state index in [1.165, 1.54) is 0 Å². The van der Waals surface area contributed by atoms with E-state index in [0.29, 0.717) is 23.3 Å². The molecule has 172 valence electrons. The summed E-state index contributed by atoms with van der Waals surface area (Å²) in [6, 6.07) is 15.3. The smallest absolute Gasteiger partial charge is 0.291 e. The van der Waals surface area contributed by atoms with Gasteiger partial charge in [-0.25, -0.2) is 4.98 Å². The van der Waals surface area contributed by atoms with Crippen LogP contribution in [-0.2, 0) is 17.9 Å². The van der Waals surface area contributed by atoms with Gasteiger partial charge in [0.2, 0.25) is 5.91 Å². The van der Waals surface area contributed by atoms with Crippen molar-refractivity contribution < 1.29 is 9.59 Å². The average molecular weight is 465 g/mol. The lowest BCUT2D eigenvalue weighted by molar-refractivity contribution is -0.134. The third-order valence-corrected chi connectivity index (χ3v) is 7.46. The summed E-state index contributed by atoms with van der Waals surface area (Å²) < 4.78 is 1.90. The molecule has 2 amide bonds. The number of amides is 2. The molecule has 7 heteroatoms. The van der Waals surface area contributed by atoms with E-state index in [1.54, 1.807) is 11.0 Å². The zero-order chi connectivity index (χ0) is 23.2. The number of carbonyl (C=O) groups excluding carboxylic acids is 2. The number of nitrogens with one attached hydrogen (secondary N) is 1. The molecule has 1 aromatic heterocycles. The van der Waals surface area contributed by atoms with Crippen LogP contribution in [0.15, 0.2) is 48.5 Å². The van der Waals surface area contributed by atoms with Crippen molar-refractivity contribution in [3.63, 3.8) is 0 Å². The van der Waals surface area contributed by atoms with Gasteiger partial charge in [0, 0.05) is 17.6 Å². The van der Waals surface area contributed by atoms with Crippen LogP contribution in [0, 0.1) is 5.92 Å². The van der Waals surface area contributed by atoms with Gasteiger partial charge in [-0.05, 0) is 68.4 Å². The molecule has 6 nitrogen and oxygen atoms in total. The number of halogens is 1. The molecule has 2 heterocycles. The summed E-state index contributed by atoms with van der Waals surface area (Å²) in [6.07, 6.45) is 4.18. The minimum Gasteiger partial charge on any atom is -0.351 e. The Balaban J connectivity index is 1.53. The Labute approximate surface area is 198 Å². The minimum absolute atomic E-state index is 0.110. The Morgan fingerprint density at radius 3 is 2.67 bits per heavy atom. The molecule has 0 saturated heterocycles. The second-order valence-electron chi connectivity index (χ2n) is 9.74. The van der Waals surface area contributed by atoms with E-state index >= 15 is 0 Å². The third-order valence-electron chi connectivity index (χ3n) is 7.22. The number of nitrogens with zero attached hydrogens (tertiary/aromatic N) is 3. The first kappa shape index (κ1) is 22.0. The summed E-state index contributed by atoms with van der Waals surface area (Å²) in [4.78, 5) is 33.8. The monoisotopic (exact) mass is 464 g/mol. The highest BCUT2D eigenvalue weighted by Gasteiger charge is 2.48. The Hall–Kier alpha value is -2.86. The summed E-state index contributed by atoms with van der Waals surface area (Å²) in [5.41, 5.74) is 1.45. The molecule has 1 aliphatic heterocycles. The maximum absolute atomic E-state index is 13.8. The van der Waals surface area contributed by atoms with Crippen LogP contribution in [0.2, 0.25) is 5.02 Å². The summed E-state index contributed by atoms with van der Waals surface area (Å²) in [5, 5.41) is 3.88. The van der Waals surface area contributed by atoms with Crippen LogP contribution in [0.5, 0.6) is 0 Å². The van der Waals surface area contributed by atoms with Gasteiger partial charge in [-0.2, -0.15) is 0 Å². The van der Waals surface area contributed by atoms with Gasteiger partial charge in [0.25, 0.3) is 5.91 Å². The Morgan fingerprint density at radius 1 is 1.15 bits per heavy atom. The molecule has 2 aliphatic rings. The molecule has 1 N–H and O–H groups in total. The topological polar surface area (TPSA) is 67.2 Å². The Morgan fingerprint density at radius 2 is 1.91 bits per heavy atom. The van der Waals surface area contributed by atoms with Gasteiger partial charge in [0.05, 0.1) is 17.6 Å². The number of para-hydroxylation sites is 2. The Kier molecular flexibility index (Phi) is 5.65. The van der Waals surface area contributed by atoms with Crippen LogP contribution in [0.1, 0.15) is 55.7 Å². The van der Waals surface area contributed by atoms with Gasteiger partial charge < -0.3 is 14.8 Å². The van der Waals surface area contributed by atoms with Gasteiger partial charge in [0.15, 0.2) is 5.82 Å². The van der Waals surface area contributed by atoms with Crippen LogP contribution in [-0.4, -0.2) is 37.8 Å². The number of benzene rings is 2. The molecular weight excluding hydrogens is 436 g/mol. The number of rotatable bonds is 4. The van der Waals surface area contributed by atoms with Gasteiger partial charge in [-0.1, -0.05) is 42.8 Å². The summed E-state index contributed by atoms with van der Waals surface area (Å²) in [6.45, 7) is 4.77. The van der Waals surface area contributed by atoms with Crippen molar-refractivity contribution in [1.29, 1.82) is 0 Å². The number of carbonyl (C=O) groups is 2. The molecule has 0 spiro atoms. The van der Waals surface area contributed by atoms with Gasteiger partial charge in [-0.3, -0.25) is 9.59 Å². The number of aromatic nitrogens is 2. The van der Waals surface area contributed by atoms with Crippen molar-refractivity contribution in [3.8, 4) is 0 Å². The van der Waals surface area contributed by atoms with Crippen molar-refractivity contribution in [1.82, 2.24) is 19.8 Å². The second kappa shape index (κ2) is 8.49. The second-order valence-corrected chi connectivity index (χ2v) is 10.2. The molecule has 3 aromatic rings. The van der Waals surface area contributed by atoms with Gasteiger partial charge in [-0.15, -0.1) is 0 Å². The highest BCUT2D eigenvalue weighted by molar-refractivity contribution is 6.30. The summed E-state index contributed by atoms with van der Waals surface area (Å²) >= 11 is 6.21. The van der Waals surface area contributed by atoms with Crippen molar-refractivity contribution in [2.45, 2.75) is 64.2 Å². The molecule has 0 bridgehead atoms. The highest BCUT2D eigenvalue weighted by atomic mass is 35.5. The number of imidazole rings is 1. The normalized spacial score (nSPS) is 25.2. The molecule has 1 atom stereocenters. The lowest BCUT2D eigenvalue weighted by Crippen LogP contribution is -2.64. The van der Waals surface area contributed by atoms with E-state index in [0.717, 1.165) is 42.3 Å². The van der Waals surface area contributed by atoms with Gasteiger partial charge in [0.1, 0.15) is 5.54 Å².